The van der Waals surface area contributed by atoms with Gasteiger partial charge >= 0.3 is 5.97 Å². The van der Waals surface area contributed by atoms with Crippen molar-refractivity contribution in [3.63, 3.8) is 0 Å². The van der Waals surface area contributed by atoms with Crippen LogP contribution in [0, 0.1) is 0 Å². The maximum absolute atomic E-state index is 12.7. The number of nitrogens with one attached hydrogen (secondary N) is 1. The molecule has 2 heterocycles. The number of thioether (sulfide) groups is 1. The number of ether oxygens (including phenoxy) is 1. The highest BCUT2D eigenvalue weighted by molar-refractivity contribution is 8.01. The number of β-lactam (4-membered cyclic amide) rings is 1. The van der Waals surface area contributed by atoms with Gasteiger partial charge in [-0.1, -0.05) is 30.3 Å². The monoisotopic (exact) mass is 364 g/mol. The summed E-state index contributed by atoms with van der Waals surface area (Å²) in [7, 11) is 1.35. The summed E-state index contributed by atoms with van der Waals surface area (Å²) < 4.78 is 4.71. The molecule has 0 aromatic heterocycles. The zero-order valence-electron chi connectivity index (χ0n) is 14.2. The van der Waals surface area contributed by atoms with E-state index in [9.17, 15) is 19.5 Å². The van der Waals surface area contributed by atoms with Crippen molar-refractivity contribution in [3.8, 4) is 0 Å². The molecule has 2 amide bonds. The third kappa shape index (κ3) is 2.69. The van der Waals surface area contributed by atoms with Gasteiger partial charge in [-0.05, 0) is 19.4 Å². The summed E-state index contributed by atoms with van der Waals surface area (Å²) in [6.07, 6.45) is 0.113. The lowest BCUT2D eigenvalue weighted by atomic mass is 9.93. The SMILES string of the molecule is COC1(NC(=O)Cc2ccccc2)C(=O)N2C(C(=O)O)C(C)(C)SC21. The van der Waals surface area contributed by atoms with Gasteiger partial charge in [-0.2, -0.15) is 0 Å². The third-order valence-corrected chi connectivity index (χ3v) is 6.21. The minimum atomic E-state index is -1.52. The molecule has 1 aromatic carbocycles. The van der Waals surface area contributed by atoms with Gasteiger partial charge in [-0.25, -0.2) is 4.79 Å². The summed E-state index contributed by atoms with van der Waals surface area (Å²) in [4.78, 5) is 38.0. The summed E-state index contributed by atoms with van der Waals surface area (Å²) in [5.41, 5.74) is -0.699. The third-order valence-electron chi connectivity index (χ3n) is 4.59. The second-order valence-electron chi connectivity index (χ2n) is 6.68. The Morgan fingerprint density at radius 3 is 2.52 bits per heavy atom. The van der Waals surface area contributed by atoms with E-state index in [2.05, 4.69) is 5.32 Å². The normalized spacial score (nSPS) is 29.7. The Labute approximate surface area is 149 Å². The smallest absolute Gasteiger partial charge is 0.327 e. The van der Waals surface area contributed by atoms with Crippen LogP contribution in [-0.2, 0) is 25.5 Å². The molecule has 2 N–H and O–H groups in total. The number of methoxy groups -OCH3 is 1. The van der Waals surface area contributed by atoms with Crippen molar-refractivity contribution in [3.05, 3.63) is 35.9 Å². The molecule has 8 heteroatoms. The van der Waals surface area contributed by atoms with Crippen LogP contribution in [0.3, 0.4) is 0 Å². The van der Waals surface area contributed by atoms with E-state index < -0.39 is 33.8 Å². The average Bonchev–Trinajstić information content (AvgIpc) is 2.82. The van der Waals surface area contributed by atoms with Gasteiger partial charge in [-0.15, -0.1) is 11.8 Å². The first-order valence-corrected chi connectivity index (χ1v) is 8.74. The van der Waals surface area contributed by atoms with Gasteiger partial charge in [0.15, 0.2) is 0 Å². The number of fused-ring (bicyclic) bond motifs is 1. The molecular weight excluding hydrogens is 344 g/mol. The summed E-state index contributed by atoms with van der Waals surface area (Å²) in [6.45, 7) is 3.54. The van der Waals surface area contributed by atoms with E-state index in [1.54, 1.807) is 13.8 Å². The van der Waals surface area contributed by atoms with Crippen LogP contribution < -0.4 is 5.32 Å². The second-order valence-corrected chi connectivity index (χ2v) is 8.41. The molecule has 2 saturated heterocycles. The lowest BCUT2D eigenvalue weighted by Gasteiger charge is -2.51. The van der Waals surface area contributed by atoms with E-state index in [-0.39, 0.29) is 12.3 Å². The van der Waals surface area contributed by atoms with Crippen molar-refractivity contribution in [2.75, 3.05) is 7.11 Å². The number of nitrogens with zero attached hydrogens (tertiary/aromatic N) is 1. The topological polar surface area (TPSA) is 95.9 Å². The molecular formula is C17H20N2O5S. The molecule has 1 aromatic rings. The number of carbonyl (C=O) groups is 3. The predicted molar refractivity (Wildman–Crippen MR) is 91.8 cm³/mol. The molecule has 0 aliphatic carbocycles. The largest absolute Gasteiger partial charge is 0.480 e. The molecule has 25 heavy (non-hydrogen) atoms. The van der Waals surface area contributed by atoms with Crippen molar-refractivity contribution in [2.24, 2.45) is 0 Å². The van der Waals surface area contributed by atoms with Gasteiger partial charge in [0.05, 0.1) is 6.42 Å². The second kappa shape index (κ2) is 6.03. The standard InChI is InChI=1S/C17H20N2O5S/c1-16(2)12(13(21)22)19-14(23)17(24-3,15(19)25-16)18-11(20)9-10-7-5-4-6-8-10/h4-8,12,15H,9H2,1-3H3,(H,18,20)(H,21,22). The fourth-order valence-electron chi connectivity index (χ4n) is 3.42. The molecule has 134 valence electrons. The highest BCUT2D eigenvalue weighted by atomic mass is 32.2. The lowest BCUT2D eigenvalue weighted by molar-refractivity contribution is -0.201. The van der Waals surface area contributed by atoms with Crippen LogP contribution in [0.2, 0.25) is 0 Å². The van der Waals surface area contributed by atoms with Gasteiger partial charge in [0.25, 0.3) is 11.6 Å². The first-order chi connectivity index (χ1) is 11.7. The molecule has 0 bridgehead atoms. The lowest BCUT2D eigenvalue weighted by Crippen LogP contribution is -2.80. The maximum atomic E-state index is 12.7. The number of amides is 2. The number of benzene rings is 1. The number of carboxylic acid groups (broad SMARTS) is 1. The number of hydrogen-bond acceptors (Lipinski definition) is 5. The summed E-state index contributed by atoms with van der Waals surface area (Å²) in [5, 5.41) is 11.6. The zero-order chi connectivity index (χ0) is 18.4. The van der Waals surface area contributed by atoms with Crippen LogP contribution in [0.25, 0.3) is 0 Å². The van der Waals surface area contributed by atoms with Crippen molar-refractivity contribution in [2.45, 2.75) is 42.2 Å². The van der Waals surface area contributed by atoms with Crippen LogP contribution >= 0.6 is 11.8 Å². The first-order valence-electron chi connectivity index (χ1n) is 7.86. The van der Waals surface area contributed by atoms with Crippen molar-refractivity contribution >= 4 is 29.5 Å². The average molecular weight is 364 g/mol. The Kier molecular flexibility index (Phi) is 4.28. The van der Waals surface area contributed by atoms with Crippen molar-refractivity contribution < 1.29 is 24.2 Å². The number of hydrogen-bond donors (Lipinski definition) is 2. The van der Waals surface area contributed by atoms with E-state index in [1.807, 2.05) is 30.3 Å². The van der Waals surface area contributed by atoms with Gasteiger partial charge in [0, 0.05) is 11.9 Å². The highest BCUT2D eigenvalue weighted by Crippen LogP contribution is 2.55. The predicted octanol–water partition coefficient (Wildman–Crippen LogP) is 0.835. The van der Waals surface area contributed by atoms with E-state index in [4.69, 9.17) is 4.74 Å². The van der Waals surface area contributed by atoms with Crippen LogP contribution in [-0.4, -0.2) is 56.8 Å². The highest BCUT2D eigenvalue weighted by Gasteiger charge is 2.73. The molecule has 0 saturated carbocycles. The maximum Gasteiger partial charge on any atom is 0.327 e. The van der Waals surface area contributed by atoms with Crippen LogP contribution in [0.4, 0.5) is 0 Å². The quantitative estimate of drug-likeness (QED) is 0.594. The molecule has 2 aliphatic rings. The van der Waals surface area contributed by atoms with E-state index in [0.29, 0.717) is 0 Å². The van der Waals surface area contributed by atoms with E-state index in [0.717, 1.165) is 5.56 Å². The molecule has 3 rings (SSSR count). The zero-order valence-corrected chi connectivity index (χ0v) is 15.0. The Morgan fingerprint density at radius 1 is 1.32 bits per heavy atom. The molecule has 3 unspecified atom stereocenters. The molecule has 3 atom stereocenters. The summed E-state index contributed by atoms with van der Waals surface area (Å²) in [5.74, 6) is -1.93. The molecule has 0 radical (unpaired) electrons. The fourth-order valence-corrected chi connectivity index (χ4v) is 5.09. The Hall–Kier alpha value is -2.06. The Bertz CT molecular complexity index is 723. The Morgan fingerprint density at radius 2 is 1.96 bits per heavy atom. The van der Waals surface area contributed by atoms with Gasteiger partial charge in [0.2, 0.25) is 5.91 Å². The fraction of sp³-hybridized carbons (Fsp3) is 0.471. The van der Waals surface area contributed by atoms with Gasteiger partial charge in [0.1, 0.15) is 11.4 Å². The van der Waals surface area contributed by atoms with Gasteiger partial charge < -0.3 is 20.1 Å². The van der Waals surface area contributed by atoms with Crippen LogP contribution in [0.15, 0.2) is 30.3 Å². The number of carbonyl (C=O) groups excluding carboxylic acids is 2. The van der Waals surface area contributed by atoms with E-state index >= 15 is 0 Å². The number of carboxylic acids is 1. The number of aliphatic carboxylic acids is 1. The number of rotatable bonds is 5. The minimum Gasteiger partial charge on any atom is -0.480 e. The summed E-state index contributed by atoms with van der Waals surface area (Å²) in [6, 6.07) is 8.21. The molecule has 7 nitrogen and oxygen atoms in total. The van der Waals surface area contributed by atoms with Crippen LogP contribution in [0.1, 0.15) is 19.4 Å². The van der Waals surface area contributed by atoms with Crippen molar-refractivity contribution in [1.29, 1.82) is 0 Å². The van der Waals surface area contributed by atoms with Crippen LogP contribution in [0.5, 0.6) is 0 Å². The molecule has 2 fully saturated rings. The molecule has 0 spiro atoms. The first kappa shape index (κ1) is 17.8. The van der Waals surface area contributed by atoms with E-state index in [1.165, 1.54) is 23.8 Å². The minimum absolute atomic E-state index is 0.113. The van der Waals surface area contributed by atoms with Crippen molar-refractivity contribution in [1.82, 2.24) is 10.2 Å². The summed E-state index contributed by atoms with van der Waals surface area (Å²) >= 11 is 1.32. The molecule has 2 aliphatic heterocycles. The van der Waals surface area contributed by atoms with Gasteiger partial charge in [-0.3, -0.25) is 9.59 Å². The Balaban J connectivity index is 1.80.